The number of carbonyl (C=O) groups excluding carboxylic acids is 1. The molecule has 4 nitrogen and oxygen atoms in total. The number of halogens is 2. The number of phenolic OH excluding ortho intramolecular Hbond substituents is 1. The molecule has 0 fully saturated rings. The highest BCUT2D eigenvalue weighted by molar-refractivity contribution is 9.10. The lowest BCUT2D eigenvalue weighted by Gasteiger charge is -2.19. The van der Waals surface area contributed by atoms with Crippen LogP contribution in [0.3, 0.4) is 0 Å². The van der Waals surface area contributed by atoms with Crippen LogP contribution in [0.1, 0.15) is 24.1 Å². The van der Waals surface area contributed by atoms with Gasteiger partial charge in [0.15, 0.2) is 0 Å². The summed E-state index contributed by atoms with van der Waals surface area (Å²) >= 11 is 3.18. The molecular formula is C12H15BrFNO3. The third-order valence-corrected chi connectivity index (χ3v) is 3.22. The number of ether oxygens (including phenoxy) is 1. The fraction of sp³-hybridized carbons (Fsp3) is 0.417. The maximum Gasteiger partial charge on any atom is 0.342 e. The third-order valence-electron chi connectivity index (χ3n) is 2.53. The van der Waals surface area contributed by atoms with Gasteiger partial charge in [0, 0.05) is 10.0 Å². The van der Waals surface area contributed by atoms with Gasteiger partial charge in [-0.3, -0.25) is 0 Å². The number of phenols is 1. The number of aromatic hydroxyl groups is 1. The first kappa shape index (κ1) is 14.9. The maximum atomic E-state index is 13.8. The van der Waals surface area contributed by atoms with Crippen LogP contribution in [-0.4, -0.2) is 23.9 Å². The molecule has 1 rings (SSSR count). The summed E-state index contributed by atoms with van der Waals surface area (Å²) in [5.41, 5.74) is 6.39. The molecule has 6 heteroatoms. The Morgan fingerprint density at radius 2 is 2.22 bits per heavy atom. The normalized spacial score (nSPS) is 14.1. The lowest BCUT2D eigenvalue weighted by atomic mass is 10.00. The Morgan fingerprint density at radius 3 is 2.78 bits per heavy atom. The largest absolute Gasteiger partial charge is 0.507 e. The van der Waals surface area contributed by atoms with E-state index in [0.29, 0.717) is 10.0 Å². The molecule has 2 atom stereocenters. The minimum Gasteiger partial charge on any atom is -0.507 e. The fourth-order valence-electron chi connectivity index (χ4n) is 1.52. The van der Waals surface area contributed by atoms with Crippen LogP contribution in [0.25, 0.3) is 0 Å². The zero-order valence-corrected chi connectivity index (χ0v) is 11.7. The highest BCUT2D eigenvalue weighted by atomic mass is 79.9. The number of carbonyl (C=O) groups is 1. The molecule has 18 heavy (non-hydrogen) atoms. The first-order valence-corrected chi connectivity index (χ1v) is 6.23. The number of benzene rings is 1. The summed E-state index contributed by atoms with van der Waals surface area (Å²) in [6.45, 7) is 3.32. The number of hydrogen-bond donors (Lipinski definition) is 2. The van der Waals surface area contributed by atoms with E-state index in [1.807, 2.05) is 0 Å². The van der Waals surface area contributed by atoms with Crippen molar-refractivity contribution in [2.24, 2.45) is 5.73 Å². The minimum atomic E-state index is -2.02. The van der Waals surface area contributed by atoms with Crippen molar-refractivity contribution in [2.45, 2.75) is 26.1 Å². The maximum absolute atomic E-state index is 13.8. The van der Waals surface area contributed by atoms with Gasteiger partial charge in [-0.15, -0.1) is 0 Å². The van der Waals surface area contributed by atoms with Crippen LogP contribution in [0.4, 0.5) is 4.39 Å². The molecule has 1 aromatic rings. The van der Waals surface area contributed by atoms with E-state index >= 15 is 0 Å². The molecule has 0 bridgehead atoms. The topological polar surface area (TPSA) is 72.5 Å². The van der Waals surface area contributed by atoms with Gasteiger partial charge in [-0.05, 0) is 25.5 Å². The third kappa shape index (κ3) is 3.00. The van der Waals surface area contributed by atoms with Crippen molar-refractivity contribution in [3.63, 3.8) is 0 Å². The summed E-state index contributed by atoms with van der Waals surface area (Å²) in [6, 6.07) is 2.02. The molecular weight excluding hydrogens is 305 g/mol. The van der Waals surface area contributed by atoms with E-state index in [1.54, 1.807) is 26.0 Å². The Hall–Kier alpha value is -1.14. The first-order chi connectivity index (χ1) is 8.40. The van der Waals surface area contributed by atoms with Gasteiger partial charge in [-0.1, -0.05) is 22.0 Å². The number of rotatable bonds is 4. The molecule has 100 valence electrons. The van der Waals surface area contributed by atoms with E-state index in [-0.39, 0.29) is 17.9 Å². The van der Waals surface area contributed by atoms with E-state index in [4.69, 9.17) is 5.73 Å². The summed E-state index contributed by atoms with van der Waals surface area (Å²) < 4.78 is 18.8. The number of esters is 1. The van der Waals surface area contributed by atoms with Crippen molar-refractivity contribution in [3.8, 4) is 5.75 Å². The van der Waals surface area contributed by atoms with Gasteiger partial charge in [-0.25, -0.2) is 9.18 Å². The van der Waals surface area contributed by atoms with Crippen LogP contribution in [0.2, 0.25) is 0 Å². The second kappa shape index (κ2) is 6.15. The fourth-order valence-corrected chi connectivity index (χ4v) is 2.11. The summed E-state index contributed by atoms with van der Waals surface area (Å²) in [5, 5.41) is 9.88. The molecule has 0 aliphatic carbocycles. The van der Waals surface area contributed by atoms with Gasteiger partial charge in [0.2, 0.25) is 6.17 Å². The molecule has 0 aliphatic heterocycles. The molecule has 0 amide bonds. The quantitative estimate of drug-likeness (QED) is 0.836. The summed E-state index contributed by atoms with van der Waals surface area (Å²) in [6.07, 6.45) is -2.02. The van der Waals surface area contributed by atoms with Crippen LogP contribution in [0.15, 0.2) is 16.6 Å². The van der Waals surface area contributed by atoms with E-state index in [0.717, 1.165) is 0 Å². The van der Waals surface area contributed by atoms with E-state index in [2.05, 4.69) is 20.7 Å². The van der Waals surface area contributed by atoms with Gasteiger partial charge in [-0.2, -0.15) is 0 Å². The predicted octanol–water partition coefficient (Wildman–Crippen LogP) is 2.36. The zero-order chi connectivity index (χ0) is 13.9. The number of hydrogen-bond acceptors (Lipinski definition) is 4. The molecule has 0 aliphatic rings. The summed E-state index contributed by atoms with van der Waals surface area (Å²) in [4.78, 5) is 11.3. The van der Waals surface area contributed by atoms with Crippen LogP contribution in [-0.2, 0) is 9.53 Å². The molecule has 1 aromatic carbocycles. The van der Waals surface area contributed by atoms with Crippen LogP contribution < -0.4 is 5.73 Å². The second-order valence-corrected chi connectivity index (χ2v) is 4.66. The molecule has 0 heterocycles. The first-order valence-electron chi connectivity index (χ1n) is 5.44. The highest BCUT2D eigenvalue weighted by Crippen LogP contribution is 2.35. The molecule has 0 saturated heterocycles. The monoisotopic (exact) mass is 319 g/mol. The molecule has 3 N–H and O–H groups in total. The molecule has 1 unspecified atom stereocenters. The SMILES string of the molecule is CCOC(=O)C(F)[C@@H](N)c1c(Br)ccc(C)c1O. The van der Waals surface area contributed by atoms with Crippen LogP contribution in [0, 0.1) is 6.92 Å². The van der Waals surface area contributed by atoms with Crippen molar-refractivity contribution >= 4 is 21.9 Å². The Balaban J connectivity index is 3.07. The molecule has 0 radical (unpaired) electrons. The Kier molecular flexibility index (Phi) is 5.10. The summed E-state index contributed by atoms with van der Waals surface area (Å²) in [7, 11) is 0. The summed E-state index contributed by atoms with van der Waals surface area (Å²) in [5.74, 6) is -1.15. The minimum absolute atomic E-state index is 0.0763. The van der Waals surface area contributed by atoms with Gasteiger partial charge in [0.25, 0.3) is 0 Å². The number of nitrogens with two attached hydrogens (primary N) is 1. The van der Waals surface area contributed by atoms with Crippen LogP contribution in [0.5, 0.6) is 5.75 Å². The van der Waals surface area contributed by atoms with E-state index < -0.39 is 18.2 Å². The standard InChI is InChI=1S/C12H15BrFNO3/c1-3-18-12(17)9(14)10(15)8-7(13)5-4-6(2)11(8)16/h4-5,9-10,16H,3,15H2,1-2H3/t9?,10-/m0/s1. The van der Waals surface area contributed by atoms with Gasteiger partial charge in [0.1, 0.15) is 5.75 Å². The molecule has 0 aromatic heterocycles. The van der Waals surface area contributed by atoms with Gasteiger partial charge < -0.3 is 15.6 Å². The lowest BCUT2D eigenvalue weighted by molar-refractivity contribution is -0.149. The molecule has 0 spiro atoms. The lowest BCUT2D eigenvalue weighted by Crippen LogP contribution is -2.31. The Labute approximate surface area is 113 Å². The van der Waals surface area contributed by atoms with E-state index in [1.165, 1.54) is 0 Å². The Bertz CT molecular complexity index is 453. The predicted molar refractivity (Wildman–Crippen MR) is 69.0 cm³/mol. The zero-order valence-electron chi connectivity index (χ0n) is 10.1. The van der Waals surface area contributed by atoms with Gasteiger partial charge >= 0.3 is 5.97 Å². The average Bonchev–Trinajstić information content (AvgIpc) is 2.33. The molecule has 0 saturated carbocycles. The Morgan fingerprint density at radius 1 is 1.61 bits per heavy atom. The van der Waals surface area contributed by atoms with Crippen molar-refractivity contribution in [1.29, 1.82) is 0 Å². The second-order valence-electron chi connectivity index (χ2n) is 3.81. The number of alkyl halides is 1. The highest BCUT2D eigenvalue weighted by Gasteiger charge is 2.31. The van der Waals surface area contributed by atoms with Crippen molar-refractivity contribution in [1.82, 2.24) is 0 Å². The van der Waals surface area contributed by atoms with Crippen molar-refractivity contribution in [2.75, 3.05) is 6.61 Å². The van der Waals surface area contributed by atoms with Crippen LogP contribution >= 0.6 is 15.9 Å². The van der Waals surface area contributed by atoms with E-state index in [9.17, 15) is 14.3 Å². The smallest absolute Gasteiger partial charge is 0.342 e. The number of aryl methyl sites for hydroxylation is 1. The van der Waals surface area contributed by atoms with Crippen molar-refractivity contribution < 1.29 is 19.0 Å². The average molecular weight is 320 g/mol. The van der Waals surface area contributed by atoms with Crippen molar-refractivity contribution in [3.05, 3.63) is 27.7 Å². The van der Waals surface area contributed by atoms with Gasteiger partial charge in [0.05, 0.1) is 12.6 Å².